The average Bonchev–Trinajstić information content (AvgIpc) is 2.80. The quantitative estimate of drug-likeness (QED) is 0.750. The maximum Gasteiger partial charge on any atom is 0.0382 e. The zero-order chi connectivity index (χ0) is 12.3. The van der Waals surface area contributed by atoms with Crippen molar-refractivity contribution in [1.29, 1.82) is 0 Å². The van der Waals surface area contributed by atoms with Gasteiger partial charge in [-0.25, -0.2) is 0 Å². The van der Waals surface area contributed by atoms with E-state index in [0.29, 0.717) is 17.9 Å². The van der Waals surface area contributed by atoms with Crippen molar-refractivity contribution in [3.05, 3.63) is 34.9 Å². The zero-order valence-corrected chi connectivity index (χ0v) is 11.1. The molecule has 0 amide bonds. The Morgan fingerprint density at radius 1 is 1.33 bits per heavy atom. The van der Waals surface area contributed by atoms with Crippen LogP contribution in [0.3, 0.4) is 0 Å². The van der Waals surface area contributed by atoms with Gasteiger partial charge in [0.05, 0.1) is 0 Å². The predicted octanol–water partition coefficient (Wildman–Crippen LogP) is 2.93. The van der Waals surface area contributed by atoms with E-state index in [4.69, 9.17) is 0 Å². The molecule has 4 rings (SSSR count). The molecule has 0 aromatic heterocycles. The molecule has 18 heavy (non-hydrogen) atoms. The van der Waals surface area contributed by atoms with E-state index in [1.54, 1.807) is 11.1 Å². The molecule has 1 fully saturated rings. The van der Waals surface area contributed by atoms with Gasteiger partial charge in [-0.2, -0.15) is 0 Å². The van der Waals surface area contributed by atoms with Gasteiger partial charge in [0, 0.05) is 30.7 Å². The highest BCUT2D eigenvalue weighted by Crippen LogP contribution is 2.45. The molecule has 2 heterocycles. The van der Waals surface area contributed by atoms with Gasteiger partial charge in [0.25, 0.3) is 0 Å². The standard InChI is InChI=1S/C16H20N2/c1-10-9-18(2)15-7-12-8-17-14-5-3-4-11(16(12)14)6-13(10)15/h3-6,10,12,15,17H,7-9H2,1-2H3/t10-,12?,15+/m0/s1. The Kier molecular flexibility index (Phi) is 2.13. The third kappa shape index (κ3) is 1.33. The minimum absolute atomic E-state index is 0.658. The first kappa shape index (κ1) is 10.6. The number of hydrogen-bond acceptors (Lipinski definition) is 2. The van der Waals surface area contributed by atoms with Crippen LogP contribution in [-0.2, 0) is 0 Å². The molecule has 1 aromatic carbocycles. The van der Waals surface area contributed by atoms with E-state index in [1.807, 2.05) is 0 Å². The summed E-state index contributed by atoms with van der Waals surface area (Å²) >= 11 is 0. The van der Waals surface area contributed by atoms with Gasteiger partial charge in [0.1, 0.15) is 0 Å². The van der Waals surface area contributed by atoms with Crippen LogP contribution in [0.5, 0.6) is 0 Å². The molecule has 0 radical (unpaired) electrons. The predicted molar refractivity (Wildman–Crippen MR) is 75.8 cm³/mol. The number of fused-ring (bicyclic) bond motifs is 1. The van der Waals surface area contributed by atoms with E-state index in [0.717, 1.165) is 6.54 Å². The number of rotatable bonds is 0. The molecule has 1 aliphatic carbocycles. The maximum absolute atomic E-state index is 3.57. The highest BCUT2D eigenvalue weighted by molar-refractivity contribution is 5.71. The van der Waals surface area contributed by atoms with Crippen LogP contribution >= 0.6 is 0 Å². The monoisotopic (exact) mass is 240 g/mol. The average molecular weight is 240 g/mol. The smallest absolute Gasteiger partial charge is 0.0382 e. The molecule has 94 valence electrons. The van der Waals surface area contributed by atoms with Crippen LogP contribution in [0.15, 0.2) is 23.8 Å². The molecule has 0 bridgehead atoms. The minimum atomic E-state index is 0.658. The second kappa shape index (κ2) is 3.61. The lowest BCUT2D eigenvalue weighted by molar-refractivity contribution is 0.299. The summed E-state index contributed by atoms with van der Waals surface area (Å²) in [5.74, 6) is 1.41. The number of anilines is 1. The molecule has 0 spiro atoms. The Morgan fingerprint density at radius 2 is 2.22 bits per heavy atom. The van der Waals surface area contributed by atoms with Gasteiger partial charge in [0.2, 0.25) is 0 Å². The van der Waals surface area contributed by atoms with E-state index in [9.17, 15) is 0 Å². The third-order valence-electron chi connectivity index (χ3n) is 4.96. The Labute approximate surface area is 109 Å². The van der Waals surface area contributed by atoms with E-state index >= 15 is 0 Å². The number of nitrogens with one attached hydrogen (secondary N) is 1. The summed E-state index contributed by atoms with van der Waals surface area (Å²) in [6, 6.07) is 7.36. The first-order valence-electron chi connectivity index (χ1n) is 7.02. The Bertz CT molecular complexity index is 532. The van der Waals surface area contributed by atoms with Crippen molar-refractivity contribution < 1.29 is 0 Å². The molecule has 3 aliphatic rings. The summed E-state index contributed by atoms with van der Waals surface area (Å²) in [6.45, 7) is 4.70. The SMILES string of the molecule is C[C@H]1CN(C)[C@@H]2CC3CNc4cccc(c43)C=C21. The van der Waals surface area contributed by atoms with Gasteiger partial charge in [-0.1, -0.05) is 25.1 Å². The highest BCUT2D eigenvalue weighted by Gasteiger charge is 2.38. The second-order valence-electron chi connectivity index (χ2n) is 6.12. The van der Waals surface area contributed by atoms with Crippen LogP contribution in [0.4, 0.5) is 5.69 Å². The molecule has 1 N–H and O–H groups in total. The fourth-order valence-corrected chi connectivity index (χ4v) is 4.11. The summed E-state index contributed by atoms with van der Waals surface area (Å²) in [4.78, 5) is 2.54. The van der Waals surface area contributed by atoms with Crippen LogP contribution in [0, 0.1) is 5.92 Å². The number of nitrogens with zero attached hydrogens (tertiary/aromatic N) is 1. The summed E-state index contributed by atoms with van der Waals surface area (Å²) in [7, 11) is 2.28. The fourth-order valence-electron chi connectivity index (χ4n) is 4.11. The van der Waals surface area contributed by atoms with Crippen molar-refractivity contribution in [1.82, 2.24) is 4.90 Å². The molecule has 1 saturated heterocycles. The number of benzene rings is 1. The number of likely N-dealkylation sites (tertiary alicyclic amines) is 1. The highest BCUT2D eigenvalue weighted by atomic mass is 15.2. The molecule has 1 aromatic rings. The molecule has 1 unspecified atom stereocenters. The molecule has 3 atom stereocenters. The molecule has 2 nitrogen and oxygen atoms in total. The molecule has 0 saturated carbocycles. The van der Waals surface area contributed by atoms with Crippen LogP contribution in [0.1, 0.15) is 30.4 Å². The first-order chi connectivity index (χ1) is 8.74. The van der Waals surface area contributed by atoms with Crippen molar-refractivity contribution in [2.75, 3.05) is 25.5 Å². The molecule has 2 heteroatoms. The van der Waals surface area contributed by atoms with Gasteiger partial charge in [-0.05, 0) is 42.2 Å². The van der Waals surface area contributed by atoms with Crippen molar-refractivity contribution in [3.63, 3.8) is 0 Å². The zero-order valence-electron chi connectivity index (χ0n) is 11.1. The Balaban J connectivity index is 1.89. The van der Waals surface area contributed by atoms with Crippen molar-refractivity contribution >= 4 is 11.8 Å². The number of hydrogen-bond donors (Lipinski definition) is 1. The Hall–Kier alpha value is -1.28. The first-order valence-corrected chi connectivity index (χ1v) is 7.02. The van der Waals surface area contributed by atoms with Gasteiger partial charge < -0.3 is 5.32 Å². The van der Waals surface area contributed by atoms with Gasteiger partial charge in [-0.15, -0.1) is 0 Å². The normalized spacial score (nSPS) is 33.4. The lowest BCUT2D eigenvalue weighted by atomic mass is 9.92. The van der Waals surface area contributed by atoms with Crippen LogP contribution in [0.2, 0.25) is 0 Å². The van der Waals surface area contributed by atoms with Crippen LogP contribution < -0.4 is 5.32 Å². The Morgan fingerprint density at radius 3 is 3.11 bits per heavy atom. The fraction of sp³-hybridized carbons (Fsp3) is 0.500. The summed E-state index contributed by atoms with van der Waals surface area (Å²) in [5.41, 5.74) is 6.05. The van der Waals surface area contributed by atoms with Gasteiger partial charge in [-0.3, -0.25) is 4.90 Å². The topological polar surface area (TPSA) is 15.3 Å². The van der Waals surface area contributed by atoms with Crippen LogP contribution in [-0.4, -0.2) is 31.1 Å². The summed E-state index contributed by atoms with van der Waals surface area (Å²) < 4.78 is 0. The minimum Gasteiger partial charge on any atom is -0.384 e. The van der Waals surface area contributed by atoms with Gasteiger partial charge >= 0.3 is 0 Å². The molecular weight excluding hydrogens is 220 g/mol. The van der Waals surface area contributed by atoms with Crippen molar-refractivity contribution in [3.8, 4) is 0 Å². The molecule has 2 aliphatic heterocycles. The van der Waals surface area contributed by atoms with E-state index < -0.39 is 0 Å². The second-order valence-corrected chi connectivity index (χ2v) is 6.12. The van der Waals surface area contributed by atoms with E-state index in [-0.39, 0.29) is 0 Å². The largest absolute Gasteiger partial charge is 0.384 e. The third-order valence-corrected chi connectivity index (χ3v) is 4.96. The maximum atomic E-state index is 3.57. The molecular formula is C16H20N2. The summed E-state index contributed by atoms with van der Waals surface area (Å²) in [6.07, 6.45) is 3.76. The summed E-state index contributed by atoms with van der Waals surface area (Å²) in [5, 5.41) is 3.57. The lowest BCUT2D eigenvalue weighted by Crippen LogP contribution is -2.27. The van der Waals surface area contributed by atoms with Crippen LogP contribution in [0.25, 0.3) is 6.08 Å². The lowest BCUT2D eigenvalue weighted by Gasteiger charge is -2.22. The van der Waals surface area contributed by atoms with Crippen molar-refractivity contribution in [2.45, 2.75) is 25.3 Å². The van der Waals surface area contributed by atoms with E-state index in [2.05, 4.69) is 48.5 Å². The number of likely N-dealkylation sites (N-methyl/N-ethyl adjacent to an activating group) is 1. The van der Waals surface area contributed by atoms with E-state index in [1.165, 1.54) is 24.2 Å². The van der Waals surface area contributed by atoms with Gasteiger partial charge in [0.15, 0.2) is 0 Å². The van der Waals surface area contributed by atoms with Crippen molar-refractivity contribution in [2.24, 2.45) is 5.92 Å².